The van der Waals surface area contributed by atoms with Gasteiger partial charge in [0, 0.05) is 42.5 Å². The van der Waals surface area contributed by atoms with Gasteiger partial charge in [-0.25, -0.2) is 18.6 Å². The number of aliphatic carboxylic acids is 1. The third-order valence-electron chi connectivity index (χ3n) is 7.52. The lowest BCUT2D eigenvalue weighted by atomic mass is 9.87. The van der Waals surface area contributed by atoms with Gasteiger partial charge in [-0.05, 0) is 69.9 Å². The Balaban J connectivity index is 1.74. The first-order chi connectivity index (χ1) is 18.9. The molecule has 40 heavy (non-hydrogen) atoms. The average Bonchev–Trinajstić information content (AvgIpc) is 3.26. The van der Waals surface area contributed by atoms with Crippen LogP contribution in [0.4, 0.5) is 20.3 Å². The minimum atomic E-state index is -1.26. The Morgan fingerprint density at radius 1 is 1.18 bits per heavy atom. The number of hydrogen-bond donors (Lipinski definition) is 1. The molecule has 0 aliphatic carbocycles. The Bertz CT molecular complexity index is 1480. The summed E-state index contributed by atoms with van der Waals surface area (Å²) in [6.45, 7) is 11.3. The lowest BCUT2D eigenvalue weighted by molar-refractivity contribution is -0.160. The number of ether oxygens (including phenoxy) is 2. The third-order valence-corrected chi connectivity index (χ3v) is 7.52. The van der Waals surface area contributed by atoms with Gasteiger partial charge in [-0.2, -0.15) is 0 Å². The molecule has 2 aromatic carbocycles. The first-order valence-electron chi connectivity index (χ1n) is 13.5. The maximum absolute atomic E-state index is 14.6. The molecule has 1 atom stereocenters. The summed E-state index contributed by atoms with van der Waals surface area (Å²) in [7, 11) is 2.01. The van der Waals surface area contributed by atoms with Crippen molar-refractivity contribution in [2.45, 2.75) is 59.3 Å². The lowest BCUT2D eigenvalue weighted by Crippen LogP contribution is -2.30. The van der Waals surface area contributed by atoms with Gasteiger partial charge in [-0.15, -0.1) is 0 Å². The summed E-state index contributed by atoms with van der Waals surface area (Å²) in [6, 6.07) is 8.06. The molecular weight excluding hydrogens is 516 g/mol. The predicted octanol–water partition coefficient (Wildman–Crippen LogP) is 5.98. The standard InChI is InChI=1S/C31H35F2N3O4/c1-17-20(10-11-23-27(17)35(6)14-15-39-23)25-21-12-13-36(16-19-8-7-9-22(32)26(19)33)29(21)34-18(2)24(25)28(30(37)38)40-31(3,4)5/h7-11,28H,12-16H2,1-6H3,(H,37,38)/t28-/m0/s1. The number of anilines is 2. The second-order valence-corrected chi connectivity index (χ2v) is 11.5. The summed E-state index contributed by atoms with van der Waals surface area (Å²) in [5, 5.41) is 10.4. The van der Waals surface area contributed by atoms with Gasteiger partial charge >= 0.3 is 5.97 Å². The van der Waals surface area contributed by atoms with Gasteiger partial charge in [-0.3, -0.25) is 0 Å². The molecule has 3 heterocycles. The molecule has 1 N–H and O–H groups in total. The minimum absolute atomic E-state index is 0.141. The molecule has 9 heteroatoms. The van der Waals surface area contributed by atoms with E-state index in [2.05, 4.69) is 4.90 Å². The fourth-order valence-corrected chi connectivity index (χ4v) is 5.78. The number of carboxylic acids is 1. The molecule has 2 aliphatic rings. The van der Waals surface area contributed by atoms with Gasteiger partial charge in [0.15, 0.2) is 17.7 Å². The maximum atomic E-state index is 14.6. The van der Waals surface area contributed by atoms with Crippen LogP contribution in [0.2, 0.25) is 0 Å². The van der Waals surface area contributed by atoms with Crippen LogP contribution in [0.5, 0.6) is 5.75 Å². The summed E-state index contributed by atoms with van der Waals surface area (Å²) < 4.78 is 40.6. The highest BCUT2D eigenvalue weighted by atomic mass is 19.2. The van der Waals surface area contributed by atoms with Crippen LogP contribution >= 0.6 is 0 Å². The van der Waals surface area contributed by atoms with Gasteiger partial charge in [0.25, 0.3) is 0 Å². The highest BCUT2D eigenvalue weighted by Crippen LogP contribution is 2.47. The van der Waals surface area contributed by atoms with Crippen molar-refractivity contribution < 1.29 is 28.2 Å². The van der Waals surface area contributed by atoms with Crippen molar-refractivity contribution in [3.8, 4) is 16.9 Å². The molecule has 5 rings (SSSR count). The van der Waals surface area contributed by atoms with Gasteiger partial charge in [0.2, 0.25) is 0 Å². The Hall–Kier alpha value is -3.72. The van der Waals surface area contributed by atoms with E-state index in [4.69, 9.17) is 14.5 Å². The van der Waals surface area contributed by atoms with E-state index < -0.39 is 29.3 Å². The van der Waals surface area contributed by atoms with Crippen molar-refractivity contribution in [1.82, 2.24) is 4.98 Å². The van der Waals surface area contributed by atoms with Crippen LogP contribution in [-0.2, 0) is 22.5 Å². The van der Waals surface area contributed by atoms with Gasteiger partial charge in [-0.1, -0.05) is 18.2 Å². The summed E-state index contributed by atoms with van der Waals surface area (Å²) in [5.74, 6) is -1.45. The van der Waals surface area contributed by atoms with Crippen LogP contribution in [0.15, 0.2) is 30.3 Å². The summed E-state index contributed by atoms with van der Waals surface area (Å²) in [6.07, 6.45) is -0.695. The largest absolute Gasteiger partial charge is 0.490 e. The molecule has 0 radical (unpaired) electrons. The van der Waals surface area contributed by atoms with E-state index >= 15 is 0 Å². The highest BCUT2D eigenvalue weighted by Gasteiger charge is 2.37. The molecular formula is C31H35F2N3O4. The van der Waals surface area contributed by atoms with E-state index in [1.165, 1.54) is 6.07 Å². The Morgan fingerprint density at radius 3 is 2.62 bits per heavy atom. The van der Waals surface area contributed by atoms with Crippen LogP contribution < -0.4 is 14.5 Å². The number of carboxylic acid groups (broad SMARTS) is 1. The normalized spacial score (nSPS) is 15.5. The van der Waals surface area contributed by atoms with Crippen molar-refractivity contribution in [1.29, 1.82) is 0 Å². The van der Waals surface area contributed by atoms with E-state index in [0.717, 1.165) is 46.3 Å². The number of pyridine rings is 1. The molecule has 212 valence electrons. The van der Waals surface area contributed by atoms with Crippen molar-refractivity contribution in [3.05, 3.63) is 69.9 Å². The third kappa shape index (κ3) is 4.98. The molecule has 0 saturated carbocycles. The van der Waals surface area contributed by atoms with Gasteiger partial charge in [0.1, 0.15) is 18.2 Å². The molecule has 1 aromatic heterocycles. The first-order valence-corrected chi connectivity index (χ1v) is 13.5. The number of carbonyl (C=O) groups is 1. The maximum Gasteiger partial charge on any atom is 0.337 e. The second kappa shape index (κ2) is 10.4. The van der Waals surface area contributed by atoms with Crippen molar-refractivity contribution in [3.63, 3.8) is 0 Å². The number of aryl methyl sites for hydroxylation is 1. The topological polar surface area (TPSA) is 75.1 Å². The number of fused-ring (bicyclic) bond motifs is 2. The number of halogens is 2. The number of hydrogen-bond acceptors (Lipinski definition) is 6. The van der Waals surface area contributed by atoms with E-state index in [9.17, 15) is 18.7 Å². The van der Waals surface area contributed by atoms with E-state index in [1.807, 2.05) is 51.8 Å². The van der Waals surface area contributed by atoms with Crippen LogP contribution in [0.25, 0.3) is 11.1 Å². The summed E-state index contributed by atoms with van der Waals surface area (Å²) in [5.41, 5.74) is 4.94. The SMILES string of the molecule is Cc1nc2c(c(-c3ccc4c(c3C)N(C)CCO4)c1[C@H](OC(C)(C)C)C(=O)O)CCN2Cc1cccc(F)c1F. The predicted molar refractivity (Wildman–Crippen MR) is 150 cm³/mol. The van der Waals surface area contributed by atoms with E-state index in [1.54, 1.807) is 13.0 Å². The quantitative estimate of drug-likeness (QED) is 0.404. The first kappa shape index (κ1) is 27.8. The molecule has 0 amide bonds. The van der Waals surface area contributed by atoms with Crippen LogP contribution in [0.3, 0.4) is 0 Å². The van der Waals surface area contributed by atoms with Gasteiger partial charge in [0.05, 0.1) is 17.8 Å². The molecule has 0 spiro atoms. The van der Waals surface area contributed by atoms with Crippen molar-refractivity contribution >= 4 is 17.5 Å². The number of rotatable bonds is 6. The zero-order valence-electron chi connectivity index (χ0n) is 23.8. The zero-order valence-corrected chi connectivity index (χ0v) is 23.8. The Morgan fingerprint density at radius 2 is 1.93 bits per heavy atom. The summed E-state index contributed by atoms with van der Waals surface area (Å²) >= 11 is 0. The Kier molecular flexibility index (Phi) is 7.20. The van der Waals surface area contributed by atoms with Crippen LogP contribution in [-0.4, -0.2) is 48.4 Å². The van der Waals surface area contributed by atoms with E-state index in [0.29, 0.717) is 36.6 Å². The van der Waals surface area contributed by atoms with Crippen LogP contribution in [0.1, 0.15) is 54.8 Å². The molecule has 7 nitrogen and oxygen atoms in total. The molecule has 0 fully saturated rings. The fourth-order valence-electron chi connectivity index (χ4n) is 5.78. The molecule has 0 bridgehead atoms. The smallest absolute Gasteiger partial charge is 0.337 e. The fraction of sp³-hybridized carbons (Fsp3) is 0.419. The molecule has 3 aromatic rings. The number of nitrogens with zero attached hydrogens (tertiary/aromatic N) is 3. The minimum Gasteiger partial charge on any atom is -0.490 e. The molecule has 0 saturated heterocycles. The van der Waals surface area contributed by atoms with Crippen molar-refractivity contribution in [2.24, 2.45) is 0 Å². The second-order valence-electron chi connectivity index (χ2n) is 11.5. The lowest BCUT2D eigenvalue weighted by Gasteiger charge is -2.32. The Labute approximate surface area is 233 Å². The van der Waals surface area contributed by atoms with Crippen molar-refractivity contribution in [2.75, 3.05) is 36.5 Å². The number of aromatic nitrogens is 1. The van der Waals surface area contributed by atoms with E-state index in [-0.39, 0.29) is 12.1 Å². The zero-order chi connectivity index (χ0) is 28.9. The number of benzene rings is 2. The number of likely N-dealkylation sites (N-methyl/N-ethyl adjacent to an activating group) is 1. The van der Waals surface area contributed by atoms with Gasteiger partial charge < -0.3 is 24.4 Å². The molecule has 0 unspecified atom stereocenters. The monoisotopic (exact) mass is 551 g/mol. The average molecular weight is 552 g/mol. The van der Waals surface area contributed by atoms with Crippen LogP contribution in [0, 0.1) is 25.5 Å². The highest BCUT2D eigenvalue weighted by molar-refractivity contribution is 5.88. The molecule has 2 aliphatic heterocycles. The summed E-state index contributed by atoms with van der Waals surface area (Å²) in [4.78, 5) is 21.6.